The van der Waals surface area contributed by atoms with Crippen LogP contribution in [0.2, 0.25) is 5.02 Å². The predicted octanol–water partition coefficient (Wildman–Crippen LogP) is 5.58. The van der Waals surface area contributed by atoms with Gasteiger partial charge in [-0.3, -0.25) is 4.98 Å². The van der Waals surface area contributed by atoms with Gasteiger partial charge in [-0.2, -0.15) is 0 Å². The maximum absolute atomic E-state index is 11.9. The van der Waals surface area contributed by atoms with Crippen molar-refractivity contribution < 1.29 is 19.0 Å². The van der Waals surface area contributed by atoms with Crippen molar-refractivity contribution in [2.24, 2.45) is 0 Å². The van der Waals surface area contributed by atoms with E-state index in [0.717, 1.165) is 45.4 Å². The molecule has 0 unspecified atom stereocenters. The Hall–Kier alpha value is -2.83. The average molecular weight is 443 g/mol. The van der Waals surface area contributed by atoms with Crippen LogP contribution in [0.1, 0.15) is 23.2 Å². The summed E-state index contributed by atoms with van der Waals surface area (Å²) in [7, 11) is 1.84. The second kappa shape index (κ2) is 10.5. The standard InChI is InChI=1S/C24H27ClN2O4/c1-15-8-5-6-9-18(15)22-17(3)27-21-12-16(2)20(25)13-19(21)23(22)30-14-31-24(28)29-11-7-10-26-4/h5-6,8-9,12-13,26H,7,10-11,14H2,1-4H3. The zero-order chi connectivity index (χ0) is 22.4. The van der Waals surface area contributed by atoms with E-state index in [4.69, 9.17) is 30.8 Å². The third kappa shape index (κ3) is 5.46. The number of nitrogens with one attached hydrogen (secondary N) is 1. The van der Waals surface area contributed by atoms with Gasteiger partial charge in [-0.15, -0.1) is 0 Å². The van der Waals surface area contributed by atoms with E-state index in [2.05, 4.69) is 5.32 Å². The molecule has 1 N–H and O–H groups in total. The molecular weight excluding hydrogens is 416 g/mol. The Balaban J connectivity index is 1.93. The SMILES string of the molecule is CNCCCOC(=O)OCOc1c(-c2ccccc2C)c(C)nc2cc(C)c(Cl)cc12. The number of pyridine rings is 1. The zero-order valence-corrected chi connectivity index (χ0v) is 19.0. The summed E-state index contributed by atoms with van der Waals surface area (Å²) in [6.07, 6.45) is -0.0619. The van der Waals surface area contributed by atoms with E-state index in [-0.39, 0.29) is 13.4 Å². The summed E-state index contributed by atoms with van der Waals surface area (Å²) in [4.78, 5) is 16.6. The number of carbonyl (C=O) groups is 1. The van der Waals surface area contributed by atoms with Crippen LogP contribution in [-0.2, 0) is 9.47 Å². The van der Waals surface area contributed by atoms with Gasteiger partial charge in [-0.25, -0.2) is 4.79 Å². The van der Waals surface area contributed by atoms with Crippen LogP contribution < -0.4 is 10.1 Å². The lowest BCUT2D eigenvalue weighted by atomic mass is 9.96. The van der Waals surface area contributed by atoms with E-state index in [1.165, 1.54) is 0 Å². The fraction of sp³-hybridized carbons (Fsp3) is 0.333. The number of benzene rings is 2. The average Bonchev–Trinajstić information content (AvgIpc) is 2.73. The van der Waals surface area contributed by atoms with Crippen LogP contribution in [0.3, 0.4) is 0 Å². The molecule has 31 heavy (non-hydrogen) atoms. The largest absolute Gasteiger partial charge is 0.511 e. The molecule has 0 aliphatic carbocycles. The number of hydrogen-bond donors (Lipinski definition) is 1. The molecule has 3 rings (SSSR count). The van der Waals surface area contributed by atoms with E-state index < -0.39 is 6.16 Å². The number of rotatable bonds is 8. The molecule has 0 radical (unpaired) electrons. The van der Waals surface area contributed by atoms with E-state index in [1.54, 1.807) is 0 Å². The molecule has 0 aliphatic heterocycles. The Morgan fingerprint density at radius 3 is 2.61 bits per heavy atom. The molecule has 1 aromatic heterocycles. The van der Waals surface area contributed by atoms with Crippen molar-refractivity contribution in [2.45, 2.75) is 27.2 Å². The predicted molar refractivity (Wildman–Crippen MR) is 123 cm³/mol. The van der Waals surface area contributed by atoms with Gasteiger partial charge in [-0.05, 0) is 69.6 Å². The first kappa shape index (κ1) is 22.8. The highest BCUT2D eigenvalue weighted by Crippen LogP contribution is 2.41. The summed E-state index contributed by atoms with van der Waals surface area (Å²) >= 11 is 6.40. The lowest BCUT2D eigenvalue weighted by Gasteiger charge is -2.18. The van der Waals surface area contributed by atoms with Gasteiger partial charge in [0.25, 0.3) is 0 Å². The maximum atomic E-state index is 11.9. The zero-order valence-electron chi connectivity index (χ0n) is 18.3. The Kier molecular flexibility index (Phi) is 7.71. The minimum Gasteiger partial charge on any atom is -0.456 e. The molecule has 164 valence electrons. The molecule has 2 aromatic carbocycles. The smallest absolute Gasteiger partial charge is 0.456 e. The van der Waals surface area contributed by atoms with Crippen molar-refractivity contribution in [3.63, 3.8) is 0 Å². The van der Waals surface area contributed by atoms with E-state index in [9.17, 15) is 4.79 Å². The van der Waals surface area contributed by atoms with Crippen LogP contribution in [0.4, 0.5) is 4.79 Å². The van der Waals surface area contributed by atoms with E-state index in [0.29, 0.717) is 17.2 Å². The molecular formula is C24H27ClN2O4. The fourth-order valence-electron chi connectivity index (χ4n) is 3.38. The second-order valence-corrected chi connectivity index (χ2v) is 7.70. The molecule has 0 spiro atoms. The van der Waals surface area contributed by atoms with Crippen LogP contribution in [0, 0.1) is 20.8 Å². The minimum atomic E-state index is -0.766. The summed E-state index contributed by atoms with van der Waals surface area (Å²) in [6.45, 7) is 6.65. The first-order chi connectivity index (χ1) is 14.9. The number of aryl methyl sites for hydroxylation is 3. The van der Waals surface area contributed by atoms with Crippen LogP contribution in [0.15, 0.2) is 36.4 Å². The molecule has 6 nitrogen and oxygen atoms in total. The molecule has 1 heterocycles. The summed E-state index contributed by atoms with van der Waals surface area (Å²) in [5, 5.41) is 4.36. The highest BCUT2D eigenvalue weighted by atomic mass is 35.5. The Morgan fingerprint density at radius 1 is 1.10 bits per heavy atom. The molecule has 0 saturated carbocycles. The number of aromatic nitrogens is 1. The fourth-order valence-corrected chi connectivity index (χ4v) is 3.54. The normalized spacial score (nSPS) is 10.9. The van der Waals surface area contributed by atoms with E-state index in [1.807, 2.05) is 64.2 Å². The Bertz CT molecular complexity index is 1080. The van der Waals surface area contributed by atoms with Gasteiger partial charge in [-0.1, -0.05) is 35.9 Å². The Morgan fingerprint density at radius 2 is 1.87 bits per heavy atom. The molecule has 0 amide bonds. The van der Waals surface area contributed by atoms with Gasteiger partial charge < -0.3 is 19.5 Å². The third-order valence-corrected chi connectivity index (χ3v) is 5.39. The molecule has 3 aromatic rings. The van der Waals surface area contributed by atoms with Crippen LogP contribution in [0.5, 0.6) is 5.75 Å². The minimum absolute atomic E-state index is 0.278. The van der Waals surface area contributed by atoms with Crippen LogP contribution in [0.25, 0.3) is 22.0 Å². The van der Waals surface area contributed by atoms with Crippen molar-refractivity contribution >= 4 is 28.7 Å². The van der Waals surface area contributed by atoms with Crippen molar-refractivity contribution in [3.8, 4) is 16.9 Å². The molecule has 0 bridgehead atoms. The first-order valence-electron chi connectivity index (χ1n) is 10.2. The quantitative estimate of drug-likeness (QED) is 0.279. The number of nitrogens with zero attached hydrogens (tertiary/aromatic N) is 1. The lowest BCUT2D eigenvalue weighted by molar-refractivity contribution is 0.00504. The van der Waals surface area contributed by atoms with Crippen LogP contribution in [-0.4, -0.2) is 38.1 Å². The number of fused-ring (bicyclic) bond motifs is 1. The van der Waals surface area contributed by atoms with Gasteiger partial charge >= 0.3 is 6.16 Å². The van der Waals surface area contributed by atoms with Crippen molar-refractivity contribution in [1.29, 1.82) is 0 Å². The van der Waals surface area contributed by atoms with Gasteiger partial charge in [0.1, 0.15) is 5.75 Å². The monoisotopic (exact) mass is 442 g/mol. The lowest BCUT2D eigenvalue weighted by Crippen LogP contribution is -2.16. The van der Waals surface area contributed by atoms with Crippen molar-refractivity contribution in [2.75, 3.05) is 27.0 Å². The maximum Gasteiger partial charge on any atom is 0.511 e. The first-order valence-corrected chi connectivity index (χ1v) is 10.5. The molecule has 0 fully saturated rings. The highest BCUT2D eigenvalue weighted by Gasteiger charge is 2.19. The summed E-state index contributed by atoms with van der Waals surface area (Å²) in [5.74, 6) is 0.571. The second-order valence-electron chi connectivity index (χ2n) is 7.30. The van der Waals surface area contributed by atoms with Crippen LogP contribution >= 0.6 is 11.6 Å². The topological polar surface area (TPSA) is 69.7 Å². The summed E-state index contributed by atoms with van der Waals surface area (Å²) in [6, 6.07) is 11.8. The number of carbonyl (C=O) groups excluding carboxylic acids is 1. The van der Waals surface area contributed by atoms with Gasteiger partial charge in [0.15, 0.2) is 0 Å². The number of ether oxygens (including phenoxy) is 3. The van der Waals surface area contributed by atoms with E-state index >= 15 is 0 Å². The van der Waals surface area contributed by atoms with Gasteiger partial charge in [0, 0.05) is 21.7 Å². The molecule has 0 saturated heterocycles. The van der Waals surface area contributed by atoms with Crippen molar-refractivity contribution in [1.82, 2.24) is 10.3 Å². The number of hydrogen-bond acceptors (Lipinski definition) is 6. The molecule has 7 heteroatoms. The third-order valence-electron chi connectivity index (χ3n) is 4.98. The number of halogens is 1. The molecule has 0 atom stereocenters. The summed E-state index contributed by atoms with van der Waals surface area (Å²) < 4.78 is 16.2. The Labute approximate surface area is 187 Å². The summed E-state index contributed by atoms with van der Waals surface area (Å²) in [5.41, 5.74) is 5.43. The van der Waals surface area contributed by atoms with Gasteiger partial charge in [0.05, 0.1) is 12.1 Å². The van der Waals surface area contributed by atoms with Crippen molar-refractivity contribution in [3.05, 3.63) is 58.2 Å². The highest BCUT2D eigenvalue weighted by molar-refractivity contribution is 6.32. The molecule has 0 aliphatic rings. The van der Waals surface area contributed by atoms with Gasteiger partial charge in [0.2, 0.25) is 6.79 Å².